The van der Waals surface area contributed by atoms with Crippen molar-refractivity contribution >= 4 is 5.91 Å². The first-order valence-electron chi connectivity index (χ1n) is 7.92. The molecule has 0 aliphatic heterocycles. The average molecular weight is 315 g/mol. The molecule has 0 atom stereocenters. The Balaban J connectivity index is 1.80. The Morgan fingerprint density at radius 2 is 2.00 bits per heavy atom. The maximum atomic E-state index is 12.1. The number of amides is 1. The summed E-state index contributed by atoms with van der Waals surface area (Å²) in [6.07, 6.45) is 5.24. The fourth-order valence-electron chi connectivity index (χ4n) is 2.25. The highest BCUT2D eigenvalue weighted by molar-refractivity contribution is 5.94. The van der Waals surface area contributed by atoms with Crippen LogP contribution >= 0.6 is 0 Å². The van der Waals surface area contributed by atoms with Crippen molar-refractivity contribution in [1.29, 1.82) is 0 Å². The minimum absolute atomic E-state index is 0.0806. The number of hydrogen-bond donors (Lipinski definition) is 2. The second kappa shape index (κ2) is 7.42. The first-order chi connectivity index (χ1) is 10.8. The maximum absolute atomic E-state index is 12.1. The number of carbonyl (C=O) groups is 1. The molecule has 124 valence electrons. The van der Waals surface area contributed by atoms with Gasteiger partial charge in [-0.1, -0.05) is 12.1 Å². The SMILES string of the molecule is Cc1cnn(CCNC(=O)c2ccc(CCC(C)(C)O)cc2)c1. The summed E-state index contributed by atoms with van der Waals surface area (Å²) >= 11 is 0. The van der Waals surface area contributed by atoms with E-state index in [-0.39, 0.29) is 5.91 Å². The average Bonchev–Trinajstić information content (AvgIpc) is 2.90. The standard InChI is InChI=1S/C18H25N3O2/c1-14-12-20-21(13-14)11-10-19-17(22)16-6-4-15(5-7-16)8-9-18(2,3)23/h4-7,12-13,23H,8-11H2,1-3H3,(H,19,22). The van der Waals surface area contributed by atoms with Gasteiger partial charge in [0.05, 0.1) is 18.3 Å². The van der Waals surface area contributed by atoms with Gasteiger partial charge in [0, 0.05) is 18.3 Å². The highest BCUT2D eigenvalue weighted by Crippen LogP contribution is 2.13. The molecular weight excluding hydrogens is 290 g/mol. The van der Waals surface area contributed by atoms with Crippen LogP contribution in [0.1, 0.15) is 41.8 Å². The summed E-state index contributed by atoms with van der Waals surface area (Å²) in [7, 11) is 0. The molecule has 0 saturated carbocycles. The predicted molar refractivity (Wildman–Crippen MR) is 90.4 cm³/mol. The highest BCUT2D eigenvalue weighted by atomic mass is 16.3. The van der Waals surface area contributed by atoms with Crippen LogP contribution in [-0.4, -0.2) is 32.9 Å². The molecular formula is C18H25N3O2. The number of rotatable bonds is 7. The first kappa shape index (κ1) is 17.2. The fraction of sp³-hybridized carbons (Fsp3) is 0.444. The summed E-state index contributed by atoms with van der Waals surface area (Å²) in [5, 5.41) is 16.8. The molecule has 2 aromatic rings. The van der Waals surface area contributed by atoms with Crippen molar-refractivity contribution < 1.29 is 9.90 Å². The van der Waals surface area contributed by atoms with E-state index < -0.39 is 5.60 Å². The summed E-state index contributed by atoms with van der Waals surface area (Å²) in [6.45, 7) is 6.79. The van der Waals surface area contributed by atoms with Gasteiger partial charge in [-0.15, -0.1) is 0 Å². The molecule has 2 rings (SSSR count). The van der Waals surface area contributed by atoms with Gasteiger partial charge in [-0.3, -0.25) is 9.48 Å². The molecule has 1 heterocycles. The van der Waals surface area contributed by atoms with Gasteiger partial charge in [0.15, 0.2) is 0 Å². The second-order valence-corrected chi connectivity index (χ2v) is 6.55. The molecule has 0 spiro atoms. The maximum Gasteiger partial charge on any atom is 0.251 e. The van der Waals surface area contributed by atoms with Gasteiger partial charge in [0.2, 0.25) is 0 Å². The van der Waals surface area contributed by atoms with Gasteiger partial charge in [-0.05, 0) is 56.9 Å². The van der Waals surface area contributed by atoms with Crippen LogP contribution in [0.5, 0.6) is 0 Å². The van der Waals surface area contributed by atoms with Gasteiger partial charge < -0.3 is 10.4 Å². The number of hydrogen-bond acceptors (Lipinski definition) is 3. The van der Waals surface area contributed by atoms with E-state index in [1.54, 1.807) is 20.0 Å². The first-order valence-corrected chi connectivity index (χ1v) is 7.92. The van der Waals surface area contributed by atoms with E-state index in [1.165, 1.54) is 0 Å². The van der Waals surface area contributed by atoms with Gasteiger partial charge in [-0.25, -0.2) is 0 Å². The van der Waals surface area contributed by atoms with E-state index in [9.17, 15) is 9.90 Å². The van der Waals surface area contributed by atoms with Crippen molar-refractivity contribution in [3.63, 3.8) is 0 Å². The van der Waals surface area contributed by atoms with Crippen LogP contribution in [0.25, 0.3) is 0 Å². The van der Waals surface area contributed by atoms with Crippen molar-refractivity contribution in [1.82, 2.24) is 15.1 Å². The number of aryl methyl sites for hydroxylation is 2. The number of carbonyl (C=O) groups excluding carboxylic acids is 1. The van der Waals surface area contributed by atoms with Crippen molar-refractivity contribution in [2.24, 2.45) is 0 Å². The molecule has 0 bridgehead atoms. The molecule has 0 aliphatic carbocycles. The lowest BCUT2D eigenvalue weighted by atomic mass is 9.98. The van der Waals surface area contributed by atoms with Crippen LogP contribution in [0, 0.1) is 6.92 Å². The number of nitrogens with one attached hydrogen (secondary N) is 1. The quantitative estimate of drug-likeness (QED) is 0.824. The molecule has 1 aromatic carbocycles. The third kappa shape index (κ3) is 5.87. The lowest BCUT2D eigenvalue weighted by molar-refractivity contribution is 0.0713. The number of benzene rings is 1. The van der Waals surface area contributed by atoms with Crippen molar-refractivity contribution in [3.8, 4) is 0 Å². The van der Waals surface area contributed by atoms with Crippen LogP contribution in [0.4, 0.5) is 0 Å². The zero-order valence-corrected chi connectivity index (χ0v) is 14.0. The third-order valence-electron chi connectivity index (χ3n) is 3.63. The Hall–Kier alpha value is -2.14. The summed E-state index contributed by atoms with van der Waals surface area (Å²) in [5.41, 5.74) is 2.21. The van der Waals surface area contributed by atoms with Gasteiger partial charge in [0.1, 0.15) is 0 Å². The molecule has 5 heteroatoms. The Morgan fingerprint density at radius 1 is 1.30 bits per heavy atom. The van der Waals surface area contributed by atoms with E-state index in [4.69, 9.17) is 0 Å². The predicted octanol–water partition coefficient (Wildman–Crippen LogP) is 2.33. The van der Waals surface area contributed by atoms with Gasteiger partial charge in [-0.2, -0.15) is 5.10 Å². The van der Waals surface area contributed by atoms with Crippen molar-refractivity contribution in [3.05, 3.63) is 53.3 Å². The van der Waals surface area contributed by atoms with Gasteiger partial charge >= 0.3 is 0 Å². The van der Waals surface area contributed by atoms with E-state index in [1.807, 2.05) is 42.1 Å². The topological polar surface area (TPSA) is 67.2 Å². The van der Waals surface area contributed by atoms with Crippen LogP contribution < -0.4 is 5.32 Å². The molecule has 0 fully saturated rings. The number of nitrogens with zero attached hydrogens (tertiary/aromatic N) is 2. The molecule has 2 N–H and O–H groups in total. The van der Waals surface area contributed by atoms with Gasteiger partial charge in [0.25, 0.3) is 5.91 Å². The second-order valence-electron chi connectivity index (χ2n) is 6.55. The van der Waals surface area contributed by atoms with E-state index in [0.29, 0.717) is 25.1 Å². The van der Waals surface area contributed by atoms with Crippen LogP contribution in [0.2, 0.25) is 0 Å². The van der Waals surface area contributed by atoms with E-state index in [2.05, 4.69) is 10.4 Å². The van der Waals surface area contributed by atoms with Crippen molar-refractivity contribution in [2.45, 2.75) is 45.8 Å². The molecule has 1 aromatic heterocycles. The summed E-state index contributed by atoms with van der Waals surface area (Å²) in [4.78, 5) is 12.1. The molecule has 23 heavy (non-hydrogen) atoms. The Bertz CT molecular complexity index is 639. The molecule has 1 amide bonds. The van der Waals surface area contributed by atoms with E-state index >= 15 is 0 Å². The summed E-state index contributed by atoms with van der Waals surface area (Å²) in [6, 6.07) is 7.54. The van der Waals surface area contributed by atoms with Crippen LogP contribution in [0.15, 0.2) is 36.7 Å². The summed E-state index contributed by atoms with van der Waals surface area (Å²) < 4.78 is 1.81. The lowest BCUT2D eigenvalue weighted by Crippen LogP contribution is -2.27. The zero-order valence-electron chi connectivity index (χ0n) is 14.0. The van der Waals surface area contributed by atoms with Crippen LogP contribution in [0.3, 0.4) is 0 Å². The molecule has 0 unspecified atom stereocenters. The minimum atomic E-state index is -0.666. The fourth-order valence-corrected chi connectivity index (χ4v) is 2.25. The number of aromatic nitrogens is 2. The monoisotopic (exact) mass is 315 g/mol. The normalized spacial score (nSPS) is 11.5. The Kier molecular flexibility index (Phi) is 5.55. The Labute approximate surface area is 137 Å². The lowest BCUT2D eigenvalue weighted by Gasteiger charge is -2.16. The molecule has 5 nitrogen and oxygen atoms in total. The molecule has 0 radical (unpaired) electrons. The smallest absolute Gasteiger partial charge is 0.251 e. The highest BCUT2D eigenvalue weighted by Gasteiger charge is 2.12. The zero-order chi connectivity index (χ0) is 16.9. The third-order valence-corrected chi connectivity index (χ3v) is 3.63. The largest absolute Gasteiger partial charge is 0.390 e. The minimum Gasteiger partial charge on any atom is -0.390 e. The molecule has 0 saturated heterocycles. The number of aliphatic hydroxyl groups is 1. The van der Waals surface area contributed by atoms with Crippen LogP contribution in [-0.2, 0) is 13.0 Å². The van der Waals surface area contributed by atoms with E-state index in [0.717, 1.165) is 17.5 Å². The van der Waals surface area contributed by atoms with Crippen molar-refractivity contribution in [2.75, 3.05) is 6.54 Å². The summed E-state index contributed by atoms with van der Waals surface area (Å²) in [5.74, 6) is -0.0806. The molecule has 0 aliphatic rings. The Morgan fingerprint density at radius 3 is 2.57 bits per heavy atom.